The van der Waals surface area contributed by atoms with Crippen molar-refractivity contribution in [3.05, 3.63) is 59.2 Å². The number of amides is 2. The summed E-state index contributed by atoms with van der Waals surface area (Å²) in [7, 11) is 0. The second-order valence-electron chi connectivity index (χ2n) is 9.21. The predicted molar refractivity (Wildman–Crippen MR) is 123 cm³/mol. The second-order valence-corrected chi connectivity index (χ2v) is 9.21. The van der Waals surface area contributed by atoms with E-state index < -0.39 is 23.6 Å². The quantitative estimate of drug-likeness (QED) is 0.570. The third-order valence-electron chi connectivity index (χ3n) is 7.00. The van der Waals surface area contributed by atoms with Gasteiger partial charge in [-0.1, -0.05) is 0 Å². The Labute approximate surface area is 204 Å². The number of halogens is 3. The van der Waals surface area contributed by atoms with Crippen LogP contribution in [0.15, 0.2) is 36.7 Å². The average Bonchev–Trinajstić information content (AvgIpc) is 3.55. The minimum Gasteiger partial charge on any atom is -0.383 e. The number of pyridine rings is 2. The summed E-state index contributed by atoms with van der Waals surface area (Å²) >= 11 is 0. The average molecular weight is 496 g/mol. The minimum absolute atomic E-state index is 0.235. The first-order valence-electron chi connectivity index (χ1n) is 11.4. The Bertz CT molecular complexity index is 1380. The fraction of sp³-hybridized carbons (Fsp3) is 0.375. The summed E-state index contributed by atoms with van der Waals surface area (Å²) < 4.78 is 41.7. The van der Waals surface area contributed by atoms with E-state index in [2.05, 4.69) is 26.5 Å². The normalized spacial score (nSPS) is 19.8. The van der Waals surface area contributed by atoms with Crippen molar-refractivity contribution in [1.82, 2.24) is 30.0 Å². The monoisotopic (exact) mass is 496 g/mol. The van der Waals surface area contributed by atoms with Gasteiger partial charge in [0.15, 0.2) is 0 Å². The fourth-order valence-electron chi connectivity index (χ4n) is 5.11. The molecule has 3 N–H and O–H groups in total. The number of fused-ring (bicyclic) bond motifs is 2. The van der Waals surface area contributed by atoms with E-state index in [9.17, 15) is 23.2 Å². The Hall–Kier alpha value is -4.14. The zero-order valence-corrected chi connectivity index (χ0v) is 19.4. The summed E-state index contributed by atoms with van der Waals surface area (Å²) in [6, 6.07) is 7.46. The number of likely N-dealkylation sites (tertiary alicyclic amines) is 1. The van der Waals surface area contributed by atoms with Crippen LogP contribution in [0.4, 0.5) is 23.8 Å². The van der Waals surface area contributed by atoms with Crippen LogP contribution in [0.5, 0.6) is 0 Å². The topological polar surface area (TPSA) is 126 Å². The summed E-state index contributed by atoms with van der Waals surface area (Å²) in [6.07, 6.45) is -0.258. The minimum atomic E-state index is -4.61. The standard InChI is InChI=1S/C24H23F3N8O/c1-14(20-15(11-28)3-2-6-30-20)32-22(36)34-7-4-23(13-34)5-8-35-19(23)10-18(33-35)16-9-17(24(25,26)27)21(29)31-12-16/h2-3,6,9-10,12,14H,4-5,7-8,13H2,1H3,(H2,29,31)(H,32,36). The summed E-state index contributed by atoms with van der Waals surface area (Å²) in [5, 5.41) is 16.8. The molecule has 3 aromatic heterocycles. The molecule has 0 saturated carbocycles. The van der Waals surface area contributed by atoms with Crippen molar-refractivity contribution in [3.8, 4) is 17.3 Å². The predicted octanol–water partition coefficient (Wildman–Crippen LogP) is 3.63. The number of carbonyl (C=O) groups is 1. The van der Waals surface area contributed by atoms with Gasteiger partial charge in [-0.15, -0.1) is 0 Å². The zero-order valence-electron chi connectivity index (χ0n) is 19.4. The largest absolute Gasteiger partial charge is 0.419 e. The van der Waals surface area contributed by atoms with Crippen LogP contribution in [0.1, 0.15) is 48.3 Å². The van der Waals surface area contributed by atoms with E-state index >= 15 is 0 Å². The highest BCUT2D eigenvalue weighted by atomic mass is 19.4. The maximum Gasteiger partial charge on any atom is 0.419 e. The number of hydrogen-bond acceptors (Lipinski definition) is 6. The van der Waals surface area contributed by atoms with Gasteiger partial charge in [-0.3, -0.25) is 9.67 Å². The van der Waals surface area contributed by atoms with Gasteiger partial charge in [-0.2, -0.15) is 23.5 Å². The molecule has 1 fully saturated rings. The molecule has 12 heteroatoms. The molecular weight excluding hydrogens is 473 g/mol. The molecule has 2 aliphatic rings. The molecule has 0 bridgehead atoms. The van der Waals surface area contributed by atoms with E-state index in [1.807, 2.05) is 0 Å². The highest BCUT2D eigenvalue weighted by Gasteiger charge is 2.47. The molecule has 0 aliphatic carbocycles. The molecule has 2 amide bonds. The number of hydrogen-bond donors (Lipinski definition) is 2. The van der Waals surface area contributed by atoms with Gasteiger partial charge in [0, 0.05) is 48.7 Å². The number of nitrogens with two attached hydrogens (primary N) is 1. The molecule has 0 radical (unpaired) electrons. The maximum absolute atomic E-state index is 13.3. The highest BCUT2D eigenvalue weighted by molar-refractivity contribution is 5.75. The van der Waals surface area contributed by atoms with Crippen molar-refractivity contribution in [3.63, 3.8) is 0 Å². The lowest BCUT2D eigenvalue weighted by Gasteiger charge is -2.25. The van der Waals surface area contributed by atoms with Gasteiger partial charge in [0.05, 0.1) is 28.6 Å². The number of nitrogens with zero attached hydrogens (tertiary/aromatic N) is 6. The van der Waals surface area contributed by atoms with Gasteiger partial charge in [0.25, 0.3) is 0 Å². The van der Waals surface area contributed by atoms with Gasteiger partial charge < -0.3 is 16.0 Å². The van der Waals surface area contributed by atoms with Crippen molar-refractivity contribution < 1.29 is 18.0 Å². The van der Waals surface area contributed by atoms with Crippen LogP contribution in [0.2, 0.25) is 0 Å². The van der Waals surface area contributed by atoms with Crippen LogP contribution < -0.4 is 11.1 Å². The first kappa shape index (κ1) is 23.6. The van der Waals surface area contributed by atoms with Gasteiger partial charge in [0.1, 0.15) is 11.9 Å². The molecule has 186 valence electrons. The van der Waals surface area contributed by atoms with Gasteiger partial charge in [-0.25, -0.2) is 9.78 Å². The first-order valence-corrected chi connectivity index (χ1v) is 11.4. The molecule has 1 spiro atoms. The summed E-state index contributed by atoms with van der Waals surface area (Å²) in [5.41, 5.74) is 6.53. The van der Waals surface area contributed by atoms with E-state index in [-0.39, 0.29) is 17.0 Å². The smallest absolute Gasteiger partial charge is 0.383 e. The Balaban J connectivity index is 1.34. The fourth-order valence-corrected chi connectivity index (χ4v) is 5.11. The molecular formula is C24H23F3N8O. The number of nitriles is 1. The second kappa shape index (κ2) is 8.51. The number of carbonyl (C=O) groups excluding carboxylic acids is 1. The van der Waals surface area contributed by atoms with Crippen LogP contribution in [-0.2, 0) is 18.1 Å². The van der Waals surface area contributed by atoms with Gasteiger partial charge in [0.2, 0.25) is 0 Å². The molecule has 1 saturated heterocycles. The lowest BCUT2D eigenvalue weighted by atomic mass is 9.82. The number of anilines is 1. The van der Waals surface area contributed by atoms with Crippen LogP contribution in [-0.4, -0.2) is 43.8 Å². The van der Waals surface area contributed by atoms with Crippen LogP contribution in [0, 0.1) is 11.3 Å². The molecule has 5 rings (SSSR count). The van der Waals surface area contributed by atoms with E-state index in [1.54, 1.807) is 40.9 Å². The third kappa shape index (κ3) is 4.00. The van der Waals surface area contributed by atoms with Crippen LogP contribution >= 0.6 is 0 Å². The Morgan fingerprint density at radius 2 is 2.06 bits per heavy atom. The van der Waals surface area contributed by atoms with Crippen molar-refractivity contribution >= 4 is 11.8 Å². The van der Waals surface area contributed by atoms with E-state index in [0.717, 1.165) is 18.2 Å². The number of aromatic nitrogens is 4. The summed E-state index contributed by atoms with van der Waals surface area (Å²) in [5.74, 6) is -0.575. The Morgan fingerprint density at radius 3 is 2.81 bits per heavy atom. The number of urea groups is 1. The molecule has 2 unspecified atom stereocenters. The molecule has 3 aromatic rings. The number of nitrogen functional groups attached to an aromatic ring is 1. The van der Waals surface area contributed by atoms with Gasteiger partial charge in [-0.05, 0) is 44.0 Å². The molecule has 2 aliphatic heterocycles. The number of nitrogens with one attached hydrogen (secondary N) is 1. The van der Waals surface area contributed by atoms with Crippen LogP contribution in [0.3, 0.4) is 0 Å². The first-order chi connectivity index (χ1) is 17.1. The Morgan fingerprint density at radius 1 is 1.28 bits per heavy atom. The zero-order chi connectivity index (χ0) is 25.7. The number of aryl methyl sites for hydroxylation is 1. The third-order valence-corrected chi connectivity index (χ3v) is 7.00. The lowest BCUT2D eigenvalue weighted by Crippen LogP contribution is -2.41. The Kier molecular flexibility index (Phi) is 5.58. The van der Waals surface area contributed by atoms with Crippen molar-refractivity contribution in [2.45, 2.75) is 43.9 Å². The van der Waals surface area contributed by atoms with E-state index in [0.29, 0.717) is 43.0 Å². The van der Waals surface area contributed by atoms with E-state index in [1.165, 1.54) is 6.20 Å². The van der Waals surface area contributed by atoms with E-state index in [4.69, 9.17) is 5.73 Å². The molecule has 9 nitrogen and oxygen atoms in total. The highest BCUT2D eigenvalue weighted by Crippen LogP contribution is 2.44. The van der Waals surface area contributed by atoms with Crippen molar-refractivity contribution in [2.75, 3.05) is 18.8 Å². The lowest BCUT2D eigenvalue weighted by molar-refractivity contribution is -0.137. The van der Waals surface area contributed by atoms with Gasteiger partial charge >= 0.3 is 12.2 Å². The molecule has 2 atom stereocenters. The molecule has 36 heavy (non-hydrogen) atoms. The summed E-state index contributed by atoms with van der Waals surface area (Å²) in [4.78, 5) is 22.7. The van der Waals surface area contributed by atoms with Crippen LogP contribution in [0.25, 0.3) is 11.3 Å². The number of rotatable bonds is 3. The summed E-state index contributed by atoms with van der Waals surface area (Å²) in [6.45, 7) is 3.36. The maximum atomic E-state index is 13.3. The molecule has 0 aromatic carbocycles. The van der Waals surface area contributed by atoms with Crippen molar-refractivity contribution in [1.29, 1.82) is 5.26 Å². The van der Waals surface area contributed by atoms with Crippen molar-refractivity contribution in [2.24, 2.45) is 0 Å². The molecule has 5 heterocycles. The SMILES string of the molecule is CC(NC(=O)N1CCC2(CCn3nc(-c4cnc(N)c(C(F)(F)F)c4)cc32)C1)c1ncccc1C#N. The number of alkyl halides is 3.